The van der Waals surface area contributed by atoms with Gasteiger partial charge in [-0.3, -0.25) is 9.69 Å². The van der Waals surface area contributed by atoms with Gasteiger partial charge in [0.2, 0.25) is 17.7 Å². The Labute approximate surface area is 130 Å². The maximum atomic E-state index is 12.5. The highest BCUT2D eigenvalue weighted by Crippen LogP contribution is 2.21. The van der Waals surface area contributed by atoms with Gasteiger partial charge in [0.25, 0.3) is 0 Å². The van der Waals surface area contributed by atoms with Gasteiger partial charge in [0, 0.05) is 25.4 Å². The van der Waals surface area contributed by atoms with E-state index in [0.29, 0.717) is 37.4 Å². The third-order valence-corrected chi connectivity index (χ3v) is 4.43. The molecule has 0 saturated carbocycles. The molecular weight excluding hydrogens is 284 g/mol. The Morgan fingerprint density at radius 2 is 1.82 bits per heavy atom. The molecule has 3 heterocycles. The summed E-state index contributed by atoms with van der Waals surface area (Å²) >= 11 is 0. The molecule has 0 aliphatic carbocycles. The summed E-state index contributed by atoms with van der Waals surface area (Å²) in [5.74, 6) is 1.82. The van der Waals surface area contributed by atoms with E-state index in [0.717, 1.165) is 45.4 Å². The molecule has 7 heteroatoms. The van der Waals surface area contributed by atoms with Crippen LogP contribution in [0.25, 0.3) is 0 Å². The van der Waals surface area contributed by atoms with Crippen molar-refractivity contribution in [3.05, 3.63) is 11.8 Å². The predicted molar refractivity (Wildman–Crippen MR) is 79.1 cm³/mol. The quantitative estimate of drug-likeness (QED) is 0.815. The van der Waals surface area contributed by atoms with Gasteiger partial charge < -0.3 is 14.1 Å². The van der Waals surface area contributed by atoms with Gasteiger partial charge in [0.15, 0.2) is 0 Å². The lowest BCUT2D eigenvalue weighted by molar-refractivity contribution is -0.141. The van der Waals surface area contributed by atoms with E-state index >= 15 is 0 Å². The number of morpholine rings is 1. The van der Waals surface area contributed by atoms with Gasteiger partial charge in [-0.25, -0.2) is 0 Å². The van der Waals surface area contributed by atoms with Gasteiger partial charge in [-0.05, 0) is 25.9 Å². The summed E-state index contributed by atoms with van der Waals surface area (Å²) in [4.78, 5) is 16.7. The molecule has 22 heavy (non-hydrogen) atoms. The van der Waals surface area contributed by atoms with Crippen LogP contribution in [0.5, 0.6) is 0 Å². The highest BCUT2D eigenvalue weighted by molar-refractivity contribution is 5.79. The first-order chi connectivity index (χ1) is 10.8. The van der Waals surface area contributed by atoms with Crippen molar-refractivity contribution < 1.29 is 13.9 Å². The Morgan fingerprint density at radius 1 is 1.14 bits per heavy atom. The third-order valence-electron chi connectivity index (χ3n) is 4.43. The first-order valence-corrected chi connectivity index (χ1v) is 8.16. The smallest absolute Gasteiger partial charge is 0.230 e. The van der Waals surface area contributed by atoms with Crippen LogP contribution in [0, 0.1) is 5.92 Å². The molecule has 1 aromatic rings. The van der Waals surface area contributed by atoms with Crippen LogP contribution in [0.2, 0.25) is 0 Å². The van der Waals surface area contributed by atoms with Crippen molar-refractivity contribution in [1.29, 1.82) is 0 Å². The summed E-state index contributed by atoms with van der Waals surface area (Å²) in [5.41, 5.74) is 0. The molecule has 0 atom stereocenters. The molecule has 2 aliphatic rings. The van der Waals surface area contributed by atoms with Gasteiger partial charge in [0.1, 0.15) is 0 Å². The van der Waals surface area contributed by atoms with Gasteiger partial charge in [-0.15, -0.1) is 10.2 Å². The number of aryl methyl sites for hydroxylation is 1. The minimum absolute atomic E-state index is 0.156. The van der Waals surface area contributed by atoms with Crippen molar-refractivity contribution in [3.8, 4) is 0 Å². The summed E-state index contributed by atoms with van der Waals surface area (Å²) in [7, 11) is 0. The first kappa shape index (κ1) is 15.4. The highest BCUT2D eigenvalue weighted by atomic mass is 16.5. The maximum Gasteiger partial charge on any atom is 0.230 e. The molecule has 0 bridgehead atoms. The Balaban J connectivity index is 1.46. The molecule has 0 aromatic carbocycles. The zero-order chi connectivity index (χ0) is 15.4. The van der Waals surface area contributed by atoms with Gasteiger partial charge in [-0.2, -0.15) is 0 Å². The van der Waals surface area contributed by atoms with Gasteiger partial charge >= 0.3 is 0 Å². The maximum absolute atomic E-state index is 12.5. The molecule has 2 fully saturated rings. The normalized spacial score (nSPS) is 21.2. The number of ether oxygens (including phenoxy) is 1. The highest BCUT2D eigenvalue weighted by Gasteiger charge is 2.29. The lowest BCUT2D eigenvalue weighted by Gasteiger charge is -2.35. The number of carbonyl (C=O) groups excluding carboxylic acids is 1. The van der Waals surface area contributed by atoms with Crippen molar-refractivity contribution in [2.45, 2.75) is 32.7 Å². The summed E-state index contributed by atoms with van der Waals surface area (Å²) < 4.78 is 10.9. The van der Waals surface area contributed by atoms with Crippen molar-refractivity contribution in [1.82, 2.24) is 20.0 Å². The average molecular weight is 308 g/mol. The number of amides is 1. The van der Waals surface area contributed by atoms with Crippen LogP contribution in [0.15, 0.2) is 4.42 Å². The number of nitrogens with zero attached hydrogens (tertiary/aromatic N) is 4. The average Bonchev–Trinajstić information content (AvgIpc) is 3.03. The fourth-order valence-corrected chi connectivity index (χ4v) is 3.07. The topological polar surface area (TPSA) is 71.7 Å². The second kappa shape index (κ2) is 7.19. The third kappa shape index (κ3) is 3.64. The van der Waals surface area contributed by atoms with Crippen LogP contribution < -0.4 is 0 Å². The van der Waals surface area contributed by atoms with E-state index < -0.39 is 0 Å². The summed E-state index contributed by atoms with van der Waals surface area (Å²) in [6, 6.07) is 0. The Morgan fingerprint density at radius 3 is 2.45 bits per heavy atom. The SMILES string of the molecule is CCc1nnc(CN2CCC(C(=O)N3CCOCC3)CC2)o1. The molecule has 2 aliphatic heterocycles. The molecule has 1 aromatic heterocycles. The Bertz CT molecular complexity index is 491. The molecule has 2 saturated heterocycles. The van der Waals surface area contributed by atoms with Gasteiger partial charge in [-0.1, -0.05) is 6.92 Å². The second-order valence-electron chi connectivity index (χ2n) is 5.93. The number of hydrogen-bond acceptors (Lipinski definition) is 6. The Hall–Kier alpha value is -1.47. The fraction of sp³-hybridized carbons (Fsp3) is 0.800. The van der Waals surface area contributed by atoms with E-state index in [1.165, 1.54) is 0 Å². The molecule has 0 radical (unpaired) electrons. The molecule has 0 N–H and O–H groups in total. The predicted octanol–water partition coefficient (Wildman–Crippen LogP) is 0.703. The molecule has 122 valence electrons. The molecule has 0 spiro atoms. The molecule has 7 nitrogen and oxygen atoms in total. The van der Waals surface area contributed by atoms with Crippen molar-refractivity contribution in [2.24, 2.45) is 5.92 Å². The zero-order valence-electron chi connectivity index (χ0n) is 13.2. The summed E-state index contributed by atoms with van der Waals surface area (Å²) in [5, 5.41) is 8.05. The van der Waals surface area contributed by atoms with E-state index in [-0.39, 0.29) is 5.92 Å². The number of carbonyl (C=O) groups is 1. The van der Waals surface area contributed by atoms with E-state index in [1.807, 2.05) is 11.8 Å². The monoisotopic (exact) mass is 308 g/mol. The van der Waals surface area contributed by atoms with Crippen LogP contribution in [-0.4, -0.2) is 65.3 Å². The van der Waals surface area contributed by atoms with E-state index in [2.05, 4.69) is 15.1 Å². The van der Waals surface area contributed by atoms with E-state index in [1.54, 1.807) is 0 Å². The minimum atomic E-state index is 0.156. The number of rotatable bonds is 4. The van der Waals surface area contributed by atoms with Crippen molar-refractivity contribution >= 4 is 5.91 Å². The molecule has 0 unspecified atom stereocenters. The Kier molecular flexibility index (Phi) is 5.04. The lowest BCUT2D eigenvalue weighted by atomic mass is 9.95. The van der Waals surface area contributed by atoms with Crippen LogP contribution in [-0.2, 0) is 22.5 Å². The summed E-state index contributed by atoms with van der Waals surface area (Å²) in [6.45, 7) is 7.31. The van der Waals surface area contributed by atoms with Crippen LogP contribution in [0.4, 0.5) is 0 Å². The number of piperidine rings is 1. The number of aromatic nitrogens is 2. The zero-order valence-corrected chi connectivity index (χ0v) is 13.2. The van der Waals surface area contributed by atoms with Crippen LogP contribution >= 0.6 is 0 Å². The van der Waals surface area contributed by atoms with Crippen molar-refractivity contribution in [3.63, 3.8) is 0 Å². The van der Waals surface area contributed by atoms with Crippen molar-refractivity contribution in [2.75, 3.05) is 39.4 Å². The van der Waals surface area contributed by atoms with Crippen LogP contribution in [0.3, 0.4) is 0 Å². The minimum Gasteiger partial charge on any atom is -0.424 e. The number of hydrogen-bond donors (Lipinski definition) is 0. The molecular formula is C15H24N4O3. The largest absolute Gasteiger partial charge is 0.424 e. The van der Waals surface area contributed by atoms with Gasteiger partial charge in [0.05, 0.1) is 19.8 Å². The first-order valence-electron chi connectivity index (χ1n) is 8.16. The fourth-order valence-electron chi connectivity index (χ4n) is 3.07. The second-order valence-corrected chi connectivity index (χ2v) is 5.93. The van der Waals surface area contributed by atoms with E-state index in [9.17, 15) is 4.79 Å². The molecule has 3 rings (SSSR count). The van der Waals surface area contributed by atoms with E-state index in [4.69, 9.17) is 9.15 Å². The molecule has 1 amide bonds. The summed E-state index contributed by atoms with van der Waals surface area (Å²) in [6.07, 6.45) is 2.58. The van der Waals surface area contributed by atoms with Crippen LogP contribution in [0.1, 0.15) is 31.5 Å². The lowest BCUT2D eigenvalue weighted by Crippen LogP contribution is -2.46. The number of likely N-dealkylation sites (tertiary alicyclic amines) is 1. The standard InChI is InChI=1S/C15H24N4O3/c1-2-13-16-17-14(22-13)11-18-5-3-12(4-6-18)15(20)19-7-9-21-10-8-19/h12H,2-11H2,1H3.